The molecule has 1 aromatic heterocycles. The summed E-state index contributed by atoms with van der Waals surface area (Å²) in [5, 5.41) is 12.4. The lowest BCUT2D eigenvalue weighted by atomic mass is 10.00. The third-order valence-electron chi connectivity index (χ3n) is 7.48. The summed E-state index contributed by atoms with van der Waals surface area (Å²) in [6.45, 7) is 7.45. The molecular formula is C25H33FN4O2. The number of likely N-dealkylation sites (tertiary alicyclic amines) is 1. The maximum Gasteiger partial charge on any atom is 0.191 e. The summed E-state index contributed by atoms with van der Waals surface area (Å²) in [6.07, 6.45) is 4.73. The molecule has 32 heavy (non-hydrogen) atoms. The molecule has 2 aromatic rings. The molecule has 7 heteroatoms. The molecule has 5 rings (SSSR count). The van der Waals surface area contributed by atoms with E-state index in [2.05, 4.69) is 20.4 Å². The van der Waals surface area contributed by atoms with E-state index in [9.17, 15) is 4.39 Å². The molecule has 0 radical (unpaired) electrons. The topological polar surface area (TPSA) is 59.5 Å². The smallest absolute Gasteiger partial charge is 0.191 e. The van der Waals surface area contributed by atoms with Crippen molar-refractivity contribution in [2.75, 3.05) is 45.3 Å². The van der Waals surface area contributed by atoms with Crippen molar-refractivity contribution in [1.82, 2.24) is 15.1 Å². The fourth-order valence-corrected chi connectivity index (χ4v) is 5.78. The molecule has 0 bridgehead atoms. The van der Waals surface area contributed by atoms with Crippen LogP contribution in [0.25, 0.3) is 11.3 Å². The van der Waals surface area contributed by atoms with E-state index < -0.39 is 0 Å². The predicted octanol–water partition coefficient (Wildman–Crippen LogP) is 4.15. The van der Waals surface area contributed by atoms with Gasteiger partial charge in [0.2, 0.25) is 0 Å². The van der Waals surface area contributed by atoms with Crippen molar-refractivity contribution >= 4 is 5.82 Å². The number of anilines is 1. The Kier molecular flexibility index (Phi) is 6.28. The number of aromatic nitrogens is 2. The van der Waals surface area contributed by atoms with Crippen LogP contribution in [0.2, 0.25) is 0 Å². The van der Waals surface area contributed by atoms with E-state index >= 15 is 0 Å². The van der Waals surface area contributed by atoms with E-state index in [0.29, 0.717) is 23.3 Å². The van der Waals surface area contributed by atoms with Crippen LogP contribution >= 0.6 is 0 Å². The number of aryl methyl sites for hydroxylation is 1. The Hall–Kier alpha value is -2.25. The molecule has 0 amide bonds. The Morgan fingerprint density at radius 2 is 1.88 bits per heavy atom. The summed E-state index contributed by atoms with van der Waals surface area (Å²) >= 11 is 0. The Morgan fingerprint density at radius 3 is 2.59 bits per heavy atom. The molecule has 3 heterocycles. The first-order valence-electron chi connectivity index (χ1n) is 11.8. The summed E-state index contributed by atoms with van der Waals surface area (Å²) in [5.41, 5.74) is 2.32. The number of hydrogen-bond acceptors (Lipinski definition) is 6. The Morgan fingerprint density at radius 1 is 1.12 bits per heavy atom. The van der Waals surface area contributed by atoms with Crippen LogP contribution in [0, 0.1) is 30.5 Å². The predicted molar refractivity (Wildman–Crippen MR) is 122 cm³/mol. The van der Waals surface area contributed by atoms with E-state index in [0.717, 1.165) is 54.9 Å². The maximum atomic E-state index is 13.7. The van der Waals surface area contributed by atoms with E-state index in [1.807, 2.05) is 13.0 Å². The normalized spacial score (nSPS) is 26.3. The number of nitrogens with zero attached hydrogens (tertiary/aromatic N) is 3. The number of benzene rings is 1. The number of rotatable bonds is 6. The first-order chi connectivity index (χ1) is 15.6. The quantitative estimate of drug-likeness (QED) is 0.728. The van der Waals surface area contributed by atoms with Crippen LogP contribution in [0.4, 0.5) is 10.2 Å². The lowest BCUT2D eigenvalue weighted by Crippen LogP contribution is -2.32. The highest BCUT2D eigenvalue weighted by atomic mass is 19.1. The van der Waals surface area contributed by atoms with Crippen LogP contribution in [0.15, 0.2) is 24.3 Å². The number of methoxy groups -OCH3 is 1. The van der Waals surface area contributed by atoms with Crippen LogP contribution in [-0.4, -0.2) is 61.1 Å². The molecule has 3 atom stereocenters. The van der Waals surface area contributed by atoms with Gasteiger partial charge in [0.05, 0.1) is 12.8 Å². The van der Waals surface area contributed by atoms with Crippen molar-refractivity contribution in [3.63, 3.8) is 0 Å². The third-order valence-corrected chi connectivity index (χ3v) is 7.48. The second kappa shape index (κ2) is 9.32. The standard InChI is InChI=1S/C25H33FN4O2/c1-16-3-4-20(26)11-22(16)23-12-24(31-2)25(29-28-23)27-21-9-18-14-30(15-19(18)10-21)13-17-5-7-32-8-6-17/h3-4,11-12,17-19,21H,5-10,13-15H2,1-2H3,(H,27,29)/t18-,19+,21?. The van der Waals surface area contributed by atoms with Gasteiger partial charge in [0, 0.05) is 50.5 Å². The summed E-state index contributed by atoms with van der Waals surface area (Å²) < 4.78 is 24.8. The second-order valence-electron chi connectivity index (χ2n) is 9.71. The zero-order valence-electron chi connectivity index (χ0n) is 19.0. The van der Waals surface area contributed by atoms with Gasteiger partial charge in [-0.1, -0.05) is 6.07 Å². The van der Waals surface area contributed by atoms with Crippen molar-refractivity contribution < 1.29 is 13.9 Å². The molecule has 1 aliphatic carbocycles. The molecule has 1 saturated carbocycles. The average Bonchev–Trinajstić information content (AvgIpc) is 3.34. The van der Waals surface area contributed by atoms with Gasteiger partial charge in [-0.25, -0.2) is 4.39 Å². The van der Waals surface area contributed by atoms with Gasteiger partial charge in [-0.2, -0.15) is 0 Å². The van der Waals surface area contributed by atoms with Crippen molar-refractivity contribution in [1.29, 1.82) is 0 Å². The molecule has 2 saturated heterocycles. The Labute approximate surface area is 189 Å². The molecular weight excluding hydrogens is 407 g/mol. The van der Waals surface area contributed by atoms with Crippen LogP contribution < -0.4 is 10.1 Å². The molecule has 1 N–H and O–H groups in total. The van der Waals surface area contributed by atoms with Crippen LogP contribution in [0.5, 0.6) is 5.75 Å². The molecule has 1 aromatic carbocycles. The molecule has 6 nitrogen and oxygen atoms in total. The molecule has 0 spiro atoms. The SMILES string of the molecule is COc1cc(-c2cc(F)ccc2C)nnc1NC1C[C@@H]2CN(CC3CCOCC3)C[C@@H]2C1. The lowest BCUT2D eigenvalue weighted by molar-refractivity contribution is 0.0545. The summed E-state index contributed by atoms with van der Waals surface area (Å²) in [7, 11) is 1.64. The fraction of sp³-hybridized carbons (Fsp3) is 0.600. The Balaban J connectivity index is 1.21. The van der Waals surface area contributed by atoms with Crippen molar-refractivity contribution in [3.05, 3.63) is 35.6 Å². The van der Waals surface area contributed by atoms with Gasteiger partial charge in [0.1, 0.15) is 5.82 Å². The van der Waals surface area contributed by atoms with Crippen LogP contribution in [0.3, 0.4) is 0 Å². The van der Waals surface area contributed by atoms with Crippen molar-refractivity contribution in [2.45, 2.75) is 38.6 Å². The first-order valence-corrected chi connectivity index (χ1v) is 11.8. The molecule has 1 unspecified atom stereocenters. The van der Waals surface area contributed by atoms with Gasteiger partial charge in [0.15, 0.2) is 11.6 Å². The minimum atomic E-state index is -0.281. The second-order valence-corrected chi connectivity index (χ2v) is 9.71. The minimum Gasteiger partial charge on any atom is -0.493 e. The van der Waals surface area contributed by atoms with Gasteiger partial charge in [-0.3, -0.25) is 0 Å². The zero-order valence-corrected chi connectivity index (χ0v) is 19.0. The largest absolute Gasteiger partial charge is 0.493 e. The van der Waals surface area contributed by atoms with E-state index in [-0.39, 0.29) is 5.82 Å². The minimum absolute atomic E-state index is 0.281. The highest BCUT2D eigenvalue weighted by Gasteiger charge is 2.41. The monoisotopic (exact) mass is 440 g/mol. The molecule has 3 aliphatic rings. The van der Waals surface area contributed by atoms with E-state index in [1.54, 1.807) is 13.2 Å². The van der Waals surface area contributed by atoms with E-state index in [1.165, 1.54) is 44.6 Å². The van der Waals surface area contributed by atoms with E-state index in [4.69, 9.17) is 9.47 Å². The molecule has 172 valence electrons. The number of fused-ring (bicyclic) bond motifs is 1. The number of halogens is 1. The maximum absolute atomic E-state index is 13.7. The van der Waals surface area contributed by atoms with Crippen molar-refractivity contribution in [2.24, 2.45) is 17.8 Å². The average molecular weight is 441 g/mol. The summed E-state index contributed by atoms with van der Waals surface area (Å²) in [6, 6.07) is 6.95. The zero-order chi connectivity index (χ0) is 22.1. The van der Waals surface area contributed by atoms with Crippen LogP contribution in [-0.2, 0) is 4.74 Å². The van der Waals surface area contributed by atoms with Gasteiger partial charge >= 0.3 is 0 Å². The summed E-state index contributed by atoms with van der Waals surface area (Å²) in [5.74, 6) is 3.35. The van der Waals surface area contributed by atoms with Gasteiger partial charge in [-0.05, 0) is 68.1 Å². The fourth-order valence-electron chi connectivity index (χ4n) is 5.78. The van der Waals surface area contributed by atoms with Gasteiger partial charge in [0.25, 0.3) is 0 Å². The third kappa shape index (κ3) is 4.59. The highest BCUT2D eigenvalue weighted by molar-refractivity contribution is 5.67. The Bertz CT molecular complexity index is 936. The van der Waals surface area contributed by atoms with Gasteiger partial charge < -0.3 is 19.7 Å². The number of nitrogens with one attached hydrogen (secondary N) is 1. The number of ether oxygens (including phenoxy) is 2. The lowest BCUT2D eigenvalue weighted by Gasteiger charge is -2.27. The first kappa shape index (κ1) is 21.6. The molecule has 3 fully saturated rings. The molecule has 2 aliphatic heterocycles. The number of hydrogen-bond donors (Lipinski definition) is 1. The van der Waals surface area contributed by atoms with Crippen LogP contribution in [0.1, 0.15) is 31.2 Å². The van der Waals surface area contributed by atoms with Crippen molar-refractivity contribution in [3.8, 4) is 17.0 Å². The van der Waals surface area contributed by atoms with Gasteiger partial charge in [-0.15, -0.1) is 10.2 Å². The highest BCUT2D eigenvalue weighted by Crippen LogP contribution is 2.40. The summed E-state index contributed by atoms with van der Waals surface area (Å²) in [4.78, 5) is 2.68.